The zero-order valence-corrected chi connectivity index (χ0v) is 8.64. The van der Waals surface area contributed by atoms with Crippen molar-refractivity contribution in [3.05, 3.63) is 35.4 Å². The van der Waals surface area contributed by atoms with Crippen LogP contribution in [-0.2, 0) is 15.6 Å². The summed E-state index contributed by atoms with van der Waals surface area (Å²) in [7, 11) is -5.15. The molecule has 7 heteroatoms. The Morgan fingerprint density at radius 1 is 1.19 bits per heavy atom. The minimum atomic E-state index is -5.25. The number of nitriles is 1. The van der Waals surface area contributed by atoms with Crippen molar-refractivity contribution < 1.29 is 21.6 Å². The lowest BCUT2D eigenvalue weighted by molar-refractivity contribution is -0.0437. The second kappa shape index (κ2) is 4.14. The van der Waals surface area contributed by atoms with Crippen molar-refractivity contribution in [3.8, 4) is 6.07 Å². The van der Waals surface area contributed by atoms with Crippen molar-refractivity contribution in [2.75, 3.05) is 0 Å². The lowest BCUT2D eigenvalue weighted by Crippen LogP contribution is -2.24. The highest BCUT2D eigenvalue weighted by Crippen LogP contribution is 2.26. The molecule has 1 aromatic rings. The summed E-state index contributed by atoms with van der Waals surface area (Å²) in [5.41, 5.74) is -4.99. The van der Waals surface area contributed by atoms with Crippen LogP contribution < -0.4 is 0 Å². The van der Waals surface area contributed by atoms with E-state index in [0.717, 1.165) is 0 Å². The second-order valence-electron chi connectivity index (χ2n) is 3.01. The van der Waals surface area contributed by atoms with E-state index in [1.807, 2.05) is 0 Å². The van der Waals surface area contributed by atoms with Crippen LogP contribution in [0, 0.1) is 11.3 Å². The molecule has 16 heavy (non-hydrogen) atoms. The van der Waals surface area contributed by atoms with Gasteiger partial charge in [-0.05, 0) is 17.7 Å². The van der Waals surface area contributed by atoms with Gasteiger partial charge in [-0.3, -0.25) is 0 Å². The molecule has 0 aliphatic heterocycles. The van der Waals surface area contributed by atoms with Gasteiger partial charge in [-0.1, -0.05) is 12.1 Å². The van der Waals surface area contributed by atoms with Crippen LogP contribution in [0.5, 0.6) is 0 Å². The molecule has 0 saturated carbocycles. The second-order valence-corrected chi connectivity index (χ2v) is 4.99. The van der Waals surface area contributed by atoms with Gasteiger partial charge in [0.1, 0.15) is 0 Å². The molecule has 0 radical (unpaired) electrons. The van der Waals surface area contributed by atoms with E-state index in [-0.39, 0.29) is 11.1 Å². The number of nitrogens with zero attached hydrogens (tertiary/aromatic N) is 1. The maximum Gasteiger partial charge on any atom is 0.497 e. The summed E-state index contributed by atoms with van der Waals surface area (Å²) in [6.45, 7) is 0. The molecule has 0 bridgehead atoms. The Morgan fingerprint density at radius 3 is 2.06 bits per heavy atom. The molecule has 0 aromatic heterocycles. The fourth-order valence-corrected chi connectivity index (χ4v) is 1.77. The first-order valence-electron chi connectivity index (χ1n) is 4.04. The molecule has 0 atom stereocenters. The summed E-state index contributed by atoms with van der Waals surface area (Å²) in [5.74, 6) is -1.11. The summed E-state index contributed by atoms with van der Waals surface area (Å²) in [5, 5.41) is 8.44. The molecule has 0 amide bonds. The molecule has 0 heterocycles. The summed E-state index contributed by atoms with van der Waals surface area (Å²) >= 11 is 0. The molecular weight excluding hydrogens is 243 g/mol. The molecule has 0 aliphatic carbocycles. The molecule has 1 rings (SSSR count). The Bertz CT molecular complexity index is 511. The molecular formula is C9H6F3NO2S. The monoisotopic (exact) mass is 249 g/mol. The molecule has 3 nitrogen and oxygen atoms in total. The van der Waals surface area contributed by atoms with Gasteiger partial charge in [-0.2, -0.15) is 18.4 Å². The Hall–Kier alpha value is -1.55. The number of hydrogen-bond acceptors (Lipinski definition) is 3. The predicted octanol–water partition coefficient (Wildman–Crippen LogP) is 1.99. The molecule has 0 N–H and O–H groups in total. The molecule has 1 aromatic carbocycles. The Labute approximate surface area is 90.0 Å². The first-order valence-corrected chi connectivity index (χ1v) is 5.69. The van der Waals surface area contributed by atoms with E-state index >= 15 is 0 Å². The third kappa shape index (κ3) is 2.73. The van der Waals surface area contributed by atoms with E-state index in [9.17, 15) is 21.6 Å². The van der Waals surface area contributed by atoms with Gasteiger partial charge in [0.15, 0.2) is 0 Å². The summed E-state index contributed by atoms with van der Waals surface area (Å²) in [4.78, 5) is 0. The van der Waals surface area contributed by atoms with Crippen molar-refractivity contribution in [2.24, 2.45) is 0 Å². The number of benzene rings is 1. The largest absolute Gasteiger partial charge is 0.497 e. The van der Waals surface area contributed by atoms with E-state index in [1.54, 1.807) is 6.07 Å². The van der Waals surface area contributed by atoms with Gasteiger partial charge < -0.3 is 0 Å². The zero-order chi connectivity index (χ0) is 12.4. The van der Waals surface area contributed by atoms with Crippen molar-refractivity contribution in [1.82, 2.24) is 0 Å². The summed E-state index contributed by atoms with van der Waals surface area (Å²) in [6.07, 6.45) is 0. The zero-order valence-electron chi connectivity index (χ0n) is 7.82. The third-order valence-electron chi connectivity index (χ3n) is 1.79. The van der Waals surface area contributed by atoms with Crippen LogP contribution in [0.3, 0.4) is 0 Å². The quantitative estimate of drug-likeness (QED) is 0.805. The fraction of sp³-hybridized carbons (Fsp3) is 0.222. The molecule has 0 aliphatic rings. The van der Waals surface area contributed by atoms with Gasteiger partial charge in [0.05, 0.1) is 17.4 Å². The number of halogens is 3. The number of rotatable bonds is 2. The number of sulfone groups is 1. The van der Waals surface area contributed by atoms with Crippen LogP contribution in [-0.4, -0.2) is 13.9 Å². The van der Waals surface area contributed by atoms with E-state index in [4.69, 9.17) is 5.26 Å². The van der Waals surface area contributed by atoms with Crippen LogP contribution in [0.2, 0.25) is 0 Å². The fourth-order valence-electron chi connectivity index (χ4n) is 0.977. The molecule has 86 valence electrons. The molecule has 0 fully saturated rings. The Kier molecular flexibility index (Phi) is 3.24. The highest BCUT2D eigenvalue weighted by Gasteiger charge is 2.45. The summed E-state index contributed by atoms with van der Waals surface area (Å²) in [6, 6.07) is 6.67. The van der Waals surface area contributed by atoms with Gasteiger partial charge in [-0.25, -0.2) is 8.42 Å². The van der Waals surface area contributed by atoms with Crippen molar-refractivity contribution in [3.63, 3.8) is 0 Å². The maximum absolute atomic E-state index is 12.0. The first kappa shape index (κ1) is 12.5. The minimum Gasteiger partial charge on any atom is -0.219 e. The number of hydrogen-bond donors (Lipinski definition) is 0. The molecule has 0 unspecified atom stereocenters. The average Bonchev–Trinajstić information content (AvgIpc) is 2.16. The smallest absolute Gasteiger partial charge is 0.219 e. The molecule has 0 spiro atoms. The van der Waals surface area contributed by atoms with Gasteiger partial charge in [0.2, 0.25) is 0 Å². The molecule has 0 saturated heterocycles. The van der Waals surface area contributed by atoms with Crippen LogP contribution in [0.25, 0.3) is 0 Å². The SMILES string of the molecule is N#Cc1ccc(CS(=O)(=O)C(F)(F)F)cc1. The standard InChI is InChI=1S/C9H6F3NO2S/c10-9(11,12)16(14,15)6-8-3-1-7(5-13)2-4-8/h1-4H,6H2. The highest BCUT2D eigenvalue weighted by atomic mass is 32.2. The van der Waals surface area contributed by atoms with E-state index in [0.29, 0.717) is 0 Å². The average molecular weight is 249 g/mol. The predicted molar refractivity (Wildman–Crippen MR) is 49.8 cm³/mol. The van der Waals surface area contributed by atoms with Crippen LogP contribution in [0.4, 0.5) is 13.2 Å². The van der Waals surface area contributed by atoms with Gasteiger partial charge in [0, 0.05) is 0 Å². The highest BCUT2D eigenvalue weighted by molar-refractivity contribution is 7.91. The van der Waals surface area contributed by atoms with Gasteiger partial charge in [0.25, 0.3) is 9.84 Å². The summed E-state index contributed by atoms with van der Waals surface area (Å²) < 4.78 is 57.6. The van der Waals surface area contributed by atoms with Crippen LogP contribution in [0.15, 0.2) is 24.3 Å². The third-order valence-corrected chi connectivity index (χ3v) is 3.21. The van der Waals surface area contributed by atoms with Crippen LogP contribution >= 0.6 is 0 Å². The first-order chi connectivity index (χ1) is 7.26. The van der Waals surface area contributed by atoms with Crippen molar-refractivity contribution >= 4 is 9.84 Å². The lowest BCUT2D eigenvalue weighted by Gasteiger charge is -2.07. The van der Waals surface area contributed by atoms with Crippen molar-refractivity contribution in [1.29, 1.82) is 5.26 Å². The van der Waals surface area contributed by atoms with Gasteiger partial charge in [-0.15, -0.1) is 0 Å². The topological polar surface area (TPSA) is 57.9 Å². The lowest BCUT2D eigenvalue weighted by atomic mass is 10.2. The van der Waals surface area contributed by atoms with Crippen LogP contribution in [0.1, 0.15) is 11.1 Å². The maximum atomic E-state index is 12.0. The van der Waals surface area contributed by atoms with E-state index in [2.05, 4.69) is 0 Å². The Morgan fingerprint density at radius 2 is 1.69 bits per heavy atom. The normalized spacial score (nSPS) is 12.1. The van der Waals surface area contributed by atoms with E-state index < -0.39 is 21.1 Å². The van der Waals surface area contributed by atoms with Gasteiger partial charge >= 0.3 is 5.51 Å². The Balaban J connectivity index is 2.95. The van der Waals surface area contributed by atoms with E-state index in [1.165, 1.54) is 24.3 Å². The number of alkyl halides is 3. The minimum absolute atomic E-state index is 0.00340. The van der Waals surface area contributed by atoms with Crippen molar-refractivity contribution in [2.45, 2.75) is 11.3 Å².